The predicted molar refractivity (Wildman–Crippen MR) is 59.1 cm³/mol. The summed E-state index contributed by atoms with van der Waals surface area (Å²) in [5, 5.41) is 2.37. The van der Waals surface area contributed by atoms with Crippen molar-refractivity contribution < 1.29 is 9.71 Å². The highest BCUT2D eigenvalue weighted by atomic mass is 19.1. The highest BCUT2D eigenvalue weighted by Gasteiger charge is 2.15. The quantitative estimate of drug-likeness (QED) is 0.779. The molecule has 1 aromatic carbocycles. The molecule has 82 valence electrons. The number of piperidine rings is 1. The molecule has 1 aliphatic heterocycles. The first kappa shape index (κ1) is 10.6. The number of aryl methyl sites for hydroxylation is 1. The Bertz CT molecular complexity index is 305. The van der Waals surface area contributed by atoms with Gasteiger partial charge in [-0.2, -0.15) is 0 Å². The van der Waals surface area contributed by atoms with Crippen molar-refractivity contribution in [3.05, 3.63) is 35.6 Å². The van der Waals surface area contributed by atoms with Crippen LogP contribution in [0.4, 0.5) is 4.39 Å². The molecule has 0 atom stereocenters. The standard InChI is InChI=1S/C13H18FN/c14-13-4-2-1-3-12(13)6-5-11-7-9-15-10-8-11/h1-4,11,15H,5-10H2/p+1. The molecule has 0 saturated carbocycles. The molecule has 0 aliphatic carbocycles. The molecule has 0 radical (unpaired) electrons. The smallest absolute Gasteiger partial charge is 0.126 e. The Hall–Kier alpha value is -0.890. The zero-order chi connectivity index (χ0) is 10.5. The lowest BCUT2D eigenvalue weighted by atomic mass is 9.91. The summed E-state index contributed by atoms with van der Waals surface area (Å²) in [5.41, 5.74) is 0.882. The van der Waals surface area contributed by atoms with E-state index >= 15 is 0 Å². The van der Waals surface area contributed by atoms with Gasteiger partial charge in [0.05, 0.1) is 13.1 Å². The monoisotopic (exact) mass is 208 g/mol. The molecule has 0 amide bonds. The lowest BCUT2D eigenvalue weighted by Gasteiger charge is -2.20. The summed E-state index contributed by atoms with van der Waals surface area (Å²) >= 11 is 0. The maximum atomic E-state index is 13.3. The molecule has 0 aromatic heterocycles. The van der Waals surface area contributed by atoms with Gasteiger partial charge in [-0.3, -0.25) is 0 Å². The molecule has 0 unspecified atom stereocenters. The summed E-state index contributed by atoms with van der Waals surface area (Å²) < 4.78 is 13.3. The van der Waals surface area contributed by atoms with Crippen LogP contribution >= 0.6 is 0 Å². The van der Waals surface area contributed by atoms with E-state index in [4.69, 9.17) is 0 Å². The fourth-order valence-corrected chi connectivity index (χ4v) is 2.35. The Morgan fingerprint density at radius 1 is 1.20 bits per heavy atom. The minimum atomic E-state index is -0.0418. The van der Waals surface area contributed by atoms with Crippen LogP contribution in [0.25, 0.3) is 0 Å². The van der Waals surface area contributed by atoms with Crippen LogP contribution in [0.5, 0.6) is 0 Å². The molecule has 1 nitrogen and oxygen atoms in total. The number of halogens is 1. The van der Waals surface area contributed by atoms with Gasteiger partial charge >= 0.3 is 0 Å². The molecule has 15 heavy (non-hydrogen) atoms. The highest BCUT2D eigenvalue weighted by molar-refractivity contribution is 5.17. The van der Waals surface area contributed by atoms with Gasteiger partial charge in [0.2, 0.25) is 0 Å². The number of hydrogen-bond acceptors (Lipinski definition) is 0. The average Bonchev–Trinajstić information content (AvgIpc) is 2.29. The summed E-state index contributed by atoms with van der Waals surface area (Å²) in [6, 6.07) is 7.15. The molecule has 1 heterocycles. The molecule has 1 aliphatic rings. The number of quaternary nitrogens is 1. The Kier molecular flexibility index (Phi) is 3.73. The fraction of sp³-hybridized carbons (Fsp3) is 0.538. The van der Waals surface area contributed by atoms with Crippen LogP contribution in [0, 0.1) is 11.7 Å². The summed E-state index contributed by atoms with van der Waals surface area (Å²) in [7, 11) is 0. The maximum Gasteiger partial charge on any atom is 0.126 e. The van der Waals surface area contributed by atoms with E-state index in [1.165, 1.54) is 25.9 Å². The second kappa shape index (κ2) is 5.26. The van der Waals surface area contributed by atoms with Crippen molar-refractivity contribution in [2.24, 2.45) is 5.92 Å². The van der Waals surface area contributed by atoms with Crippen LogP contribution in [0.3, 0.4) is 0 Å². The zero-order valence-corrected chi connectivity index (χ0v) is 9.08. The normalized spacial score (nSPS) is 17.9. The van der Waals surface area contributed by atoms with E-state index in [-0.39, 0.29) is 5.82 Å². The van der Waals surface area contributed by atoms with E-state index in [0.717, 1.165) is 24.3 Å². The molecular weight excluding hydrogens is 189 g/mol. The van der Waals surface area contributed by atoms with Gasteiger partial charge in [0.25, 0.3) is 0 Å². The second-order valence-corrected chi connectivity index (χ2v) is 4.44. The van der Waals surface area contributed by atoms with Gasteiger partial charge in [-0.25, -0.2) is 4.39 Å². The van der Waals surface area contributed by atoms with E-state index in [1.54, 1.807) is 12.1 Å². The van der Waals surface area contributed by atoms with Crippen molar-refractivity contribution in [1.29, 1.82) is 0 Å². The topological polar surface area (TPSA) is 16.6 Å². The third-order valence-corrected chi connectivity index (χ3v) is 3.34. The van der Waals surface area contributed by atoms with Gasteiger partial charge < -0.3 is 5.32 Å². The van der Waals surface area contributed by atoms with Crippen molar-refractivity contribution in [1.82, 2.24) is 0 Å². The van der Waals surface area contributed by atoms with E-state index in [0.29, 0.717) is 0 Å². The van der Waals surface area contributed by atoms with Gasteiger partial charge in [-0.05, 0) is 43.2 Å². The lowest BCUT2D eigenvalue weighted by Crippen LogP contribution is -2.86. The Morgan fingerprint density at radius 2 is 1.93 bits per heavy atom. The van der Waals surface area contributed by atoms with Gasteiger partial charge in [-0.1, -0.05) is 18.2 Å². The van der Waals surface area contributed by atoms with Crippen LogP contribution in [-0.4, -0.2) is 13.1 Å². The summed E-state index contributed by atoms with van der Waals surface area (Å²) in [4.78, 5) is 0. The molecule has 2 rings (SSSR count). The van der Waals surface area contributed by atoms with Crippen molar-refractivity contribution >= 4 is 0 Å². The number of hydrogen-bond donors (Lipinski definition) is 1. The van der Waals surface area contributed by atoms with Crippen molar-refractivity contribution in [2.45, 2.75) is 25.7 Å². The average molecular weight is 208 g/mol. The predicted octanol–water partition coefficient (Wildman–Crippen LogP) is 1.73. The molecule has 1 saturated heterocycles. The minimum Gasteiger partial charge on any atom is -0.346 e. The van der Waals surface area contributed by atoms with Crippen molar-refractivity contribution in [2.75, 3.05) is 13.1 Å². The van der Waals surface area contributed by atoms with Crippen molar-refractivity contribution in [3.8, 4) is 0 Å². The first-order valence-corrected chi connectivity index (χ1v) is 5.91. The van der Waals surface area contributed by atoms with E-state index in [1.807, 2.05) is 12.1 Å². The fourth-order valence-electron chi connectivity index (χ4n) is 2.35. The van der Waals surface area contributed by atoms with E-state index in [9.17, 15) is 4.39 Å². The maximum absolute atomic E-state index is 13.3. The van der Waals surface area contributed by atoms with Crippen LogP contribution in [-0.2, 0) is 6.42 Å². The molecule has 2 N–H and O–H groups in total. The second-order valence-electron chi connectivity index (χ2n) is 4.44. The molecule has 1 aromatic rings. The van der Waals surface area contributed by atoms with Crippen LogP contribution in [0.2, 0.25) is 0 Å². The first-order valence-electron chi connectivity index (χ1n) is 5.91. The number of benzene rings is 1. The van der Waals surface area contributed by atoms with Crippen molar-refractivity contribution in [3.63, 3.8) is 0 Å². The van der Waals surface area contributed by atoms with Gasteiger partial charge in [0, 0.05) is 0 Å². The Balaban J connectivity index is 1.84. The molecule has 0 bridgehead atoms. The third kappa shape index (κ3) is 3.03. The van der Waals surface area contributed by atoms with E-state index < -0.39 is 0 Å². The number of nitrogens with two attached hydrogens (primary N) is 1. The summed E-state index contributed by atoms with van der Waals surface area (Å²) in [6.07, 6.45) is 4.65. The Morgan fingerprint density at radius 3 is 2.67 bits per heavy atom. The SMILES string of the molecule is Fc1ccccc1CCC1CC[NH2+]CC1. The molecule has 1 fully saturated rings. The van der Waals surface area contributed by atoms with Crippen LogP contribution in [0.15, 0.2) is 24.3 Å². The highest BCUT2D eigenvalue weighted by Crippen LogP contribution is 2.18. The molecular formula is C13H19FN+. The van der Waals surface area contributed by atoms with E-state index in [2.05, 4.69) is 5.32 Å². The molecule has 0 spiro atoms. The first-order chi connectivity index (χ1) is 7.36. The zero-order valence-electron chi connectivity index (χ0n) is 9.08. The van der Waals surface area contributed by atoms with Gasteiger partial charge in [0.15, 0.2) is 0 Å². The molecule has 2 heteroatoms. The number of rotatable bonds is 3. The van der Waals surface area contributed by atoms with Crippen LogP contribution in [0.1, 0.15) is 24.8 Å². The van der Waals surface area contributed by atoms with Gasteiger partial charge in [0.1, 0.15) is 5.82 Å². The Labute approximate surface area is 90.7 Å². The largest absolute Gasteiger partial charge is 0.346 e. The summed E-state index contributed by atoms with van der Waals surface area (Å²) in [5.74, 6) is 0.773. The van der Waals surface area contributed by atoms with Gasteiger partial charge in [-0.15, -0.1) is 0 Å². The third-order valence-electron chi connectivity index (χ3n) is 3.34. The van der Waals surface area contributed by atoms with Crippen LogP contribution < -0.4 is 5.32 Å². The summed E-state index contributed by atoms with van der Waals surface area (Å²) in [6.45, 7) is 2.50. The lowest BCUT2D eigenvalue weighted by molar-refractivity contribution is -0.664. The minimum absolute atomic E-state index is 0.0418.